The van der Waals surface area contributed by atoms with E-state index in [-0.39, 0.29) is 5.91 Å². The molecule has 1 fully saturated rings. The van der Waals surface area contributed by atoms with Gasteiger partial charge in [-0.05, 0) is 48.2 Å². The van der Waals surface area contributed by atoms with Gasteiger partial charge in [0.15, 0.2) is 0 Å². The Hall–Kier alpha value is -2.54. The molecule has 1 aliphatic rings. The highest BCUT2D eigenvalue weighted by molar-refractivity contribution is 5.76. The molecule has 1 aliphatic heterocycles. The van der Waals surface area contributed by atoms with Gasteiger partial charge in [-0.1, -0.05) is 24.3 Å². The van der Waals surface area contributed by atoms with Crippen molar-refractivity contribution in [1.29, 1.82) is 0 Å². The van der Waals surface area contributed by atoms with Crippen molar-refractivity contribution >= 4 is 5.91 Å². The van der Waals surface area contributed by atoms with Gasteiger partial charge in [-0.15, -0.1) is 0 Å². The zero-order chi connectivity index (χ0) is 21.6. The van der Waals surface area contributed by atoms with Crippen molar-refractivity contribution in [3.05, 3.63) is 65.2 Å². The first-order valence-corrected chi connectivity index (χ1v) is 10.1. The maximum atomic E-state index is 12.7. The molecule has 1 heterocycles. The van der Waals surface area contributed by atoms with Crippen LogP contribution in [0.2, 0.25) is 0 Å². The van der Waals surface area contributed by atoms with Gasteiger partial charge in [0, 0.05) is 39.1 Å². The zero-order valence-electron chi connectivity index (χ0n) is 17.1. The average Bonchev–Trinajstić information content (AvgIpc) is 2.97. The molecule has 0 atom stereocenters. The fourth-order valence-electron chi connectivity index (χ4n) is 3.67. The molecule has 0 unspecified atom stereocenters. The minimum atomic E-state index is -4.31. The summed E-state index contributed by atoms with van der Waals surface area (Å²) < 4.78 is 43.3. The van der Waals surface area contributed by atoms with E-state index in [0.717, 1.165) is 42.0 Å². The van der Waals surface area contributed by atoms with E-state index >= 15 is 0 Å². The Balaban J connectivity index is 1.48. The van der Waals surface area contributed by atoms with Crippen LogP contribution in [-0.4, -0.2) is 49.0 Å². The van der Waals surface area contributed by atoms with E-state index in [1.54, 1.807) is 7.11 Å². The van der Waals surface area contributed by atoms with E-state index in [1.807, 2.05) is 29.2 Å². The molecule has 30 heavy (non-hydrogen) atoms. The normalized spacial score (nSPS) is 15.7. The van der Waals surface area contributed by atoms with Gasteiger partial charge in [-0.25, -0.2) is 0 Å². The fourth-order valence-corrected chi connectivity index (χ4v) is 3.67. The Kier molecular flexibility index (Phi) is 7.37. The lowest BCUT2D eigenvalue weighted by Gasteiger charge is -2.22. The summed E-state index contributed by atoms with van der Waals surface area (Å²) in [6.07, 6.45) is -2.34. The first-order valence-electron chi connectivity index (χ1n) is 10.1. The SMILES string of the molecule is COc1cccc(CCC(=O)N2CCCN(Cc3ccc(C(F)(F)F)cc3)CC2)c1. The van der Waals surface area contributed by atoms with Gasteiger partial charge in [-0.3, -0.25) is 9.69 Å². The number of rotatable bonds is 6. The third kappa shape index (κ3) is 6.23. The van der Waals surface area contributed by atoms with Gasteiger partial charge in [-0.2, -0.15) is 13.2 Å². The highest BCUT2D eigenvalue weighted by Crippen LogP contribution is 2.29. The summed E-state index contributed by atoms with van der Waals surface area (Å²) in [7, 11) is 1.62. The second-order valence-electron chi connectivity index (χ2n) is 7.56. The van der Waals surface area contributed by atoms with Crippen LogP contribution in [0.15, 0.2) is 48.5 Å². The molecule has 1 amide bonds. The van der Waals surface area contributed by atoms with Crippen molar-refractivity contribution in [1.82, 2.24) is 9.80 Å². The number of hydrogen-bond acceptors (Lipinski definition) is 3. The summed E-state index contributed by atoms with van der Waals surface area (Å²) in [5.41, 5.74) is 1.29. The lowest BCUT2D eigenvalue weighted by Crippen LogP contribution is -2.35. The van der Waals surface area contributed by atoms with Gasteiger partial charge in [0.2, 0.25) is 5.91 Å². The predicted octanol–water partition coefficient (Wildman–Crippen LogP) is 4.38. The van der Waals surface area contributed by atoms with Crippen molar-refractivity contribution in [2.24, 2.45) is 0 Å². The largest absolute Gasteiger partial charge is 0.497 e. The van der Waals surface area contributed by atoms with Crippen LogP contribution in [0, 0.1) is 0 Å². The molecule has 2 aromatic carbocycles. The lowest BCUT2D eigenvalue weighted by molar-refractivity contribution is -0.137. The quantitative estimate of drug-likeness (QED) is 0.695. The first-order chi connectivity index (χ1) is 14.3. The minimum absolute atomic E-state index is 0.134. The van der Waals surface area contributed by atoms with Crippen LogP contribution in [0.5, 0.6) is 5.75 Å². The number of amides is 1. The van der Waals surface area contributed by atoms with Crippen molar-refractivity contribution < 1.29 is 22.7 Å². The highest BCUT2D eigenvalue weighted by Gasteiger charge is 2.30. The van der Waals surface area contributed by atoms with Gasteiger partial charge >= 0.3 is 6.18 Å². The molecule has 2 aromatic rings. The molecule has 1 saturated heterocycles. The van der Waals surface area contributed by atoms with E-state index in [2.05, 4.69) is 4.90 Å². The second-order valence-corrected chi connectivity index (χ2v) is 7.56. The van der Waals surface area contributed by atoms with Crippen LogP contribution in [0.3, 0.4) is 0 Å². The number of nitrogens with zero attached hydrogens (tertiary/aromatic N) is 2. The Morgan fingerprint density at radius 2 is 1.77 bits per heavy atom. The van der Waals surface area contributed by atoms with Crippen LogP contribution < -0.4 is 4.74 Å². The van der Waals surface area contributed by atoms with Crippen LogP contribution in [-0.2, 0) is 23.9 Å². The van der Waals surface area contributed by atoms with Crippen LogP contribution in [0.1, 0.15) is 29.5 Å². The van der Waals surface area contributed by atoms with Gasteiger partial charge in [0.25, 0.3) is 0 Å². The number of ether oxygens (including phenoxy) is 1. The van der Waals surface area contributed by atoms with Gasteiger partial charge in [0.05, 0.1) is 12.7 Å². The molecular formula is C23H27F3N2O2. The summed E-state index contributed by atoms with van der Waals surface area (Å²) in [5.74, 6) is 0.919. The molecule has 0 N–H and O–H groups in total. The first kappa shape index (κ1) is 22.2. The standard InChI is InChI=1S/C23H27F3N2O2/c1-30-21-5-2-4-18(16-21)8-11-22(29)28-13-3-12-27(14-15-28)17-19-6-9-20(10-7-19)23(24,25)26/h2,4-7,9-10,16H,3,8,11-15,17H2,1H3. The number of carbonyl (C=O) groups is 1. The van der Waals surface area contributed by atoms with Crippen molar-refractivity contribution in [2.75, 3.05) is 33.3 Å². The maximum absolute atomic E-state index is 12.7. The second kappa shape index (κ2) is 9.98. The van der Waals surface area contributed by atoms with Gasteiger partial charge in [0.1, 0.15) is 5.75 Å². The molecule has 0 aromatic heterocycles. The Morgan fingerprint density at radius 1 is 1.00 bits per heavy atom. The number of carbonyl (C=O) groups excluding carboxylic acids is 1. The van der Waals surface area contributed by atoms with E-state index in [9.17, 15) is 18.0 Å². The van der Waals surface area contributed by atoms with E-state index in [1.165, 1.54) is 12.1 Å². The van der Waals surface area contributed by atoms with Crippen LogP contribution in [0.25, 0.3) is 0 Å². The number of aryl methyl sites for hydroxylation is 1. The smallest absolute Gasteiger partial charge is 0.416 e. The molecule has 4 nitrogen and oxygen atoms in total. The highest BCUT2D eigenvalue weighted by atomic mass is 19.4. The fraction of sp³-hybridized carbons (Fsp3) is 0.435. The molecule has 7 heteroatoms. The Bertz CT molecular complexity index is 837. The molecule has 0 spiro atoms. The summed E-state index contributed by atoms with van der Waals surface area (Å²) in [5, 5.41) is 0. The van der Waals surface area contributed by atoms with Crippen LogP contribution >= 0.6 is 0 Å². The number of methoxy groups -OCH3 is 1. The molecular weight excluding hydrogens is 393 g/mol. The Labute approximate surface area is 175 Å². The number of hydrogen-bond donors (Lipinski definition) is 0. The lowest BCUT2D eigenvalue weighted by atomic mass is 10.1. The molecule has 0 bridgehead atoms. The van der Waals surface area contributed by atoms with E-state index in [4.69, 9.17) is 4.74 Å². The van der Waals surface area contributed by atoms with E-state index < -0.39 is 11.7 Å². The van der Waals surface area contributed by atoms with E-state index in [0.29, 0.717) is 39.0 Å². The summed E-state index contributed by atoms with van der Waals surface area (Å²) in [4.78, 5) is 16.7. The molecule has 0 radical (unpaired) electrons. The number of benzene rings is 2. The third-order valence-corrected chi connectivity index (χ3v) is 5.39. The summed E-state index contributed by atoms with van der Waals surface area (Å²) in [6, 6.07) is 13.1. The molecule has 0 aliphatic carbocycles. The minimum Gasteiger partial charge on any atom is -0.497 e. The molecule has 0 saturated carbocycles. The maximum Gasteiger partial charge on any atom is 0.416 e. The third-order valence-electron chi connectivity index (χ3n) is 5.39. The summed E-state index contributed by atoms with van der Waals surface area (Å²) >= 11 is 0. The van der Waals surface area contributed by atoms with Crippen molar-refractivity contribution in [3.8, 4) is 5.75 Å². The molecule has 3 rings (SSSR count). The predicted molar refractivity (Wildman–Crippen MR) is 109 cm³/mol. The Morgan fingerprint density at radius 3 is 2.47 bits per heavy atom. The monoisotopic (exact) mass is 420 g/mol. The van der Waals surface area contributed by atoms with Crippen molar-refractivity contribution in [2.45, 2.75) is 32.0 Å². The van der Waals surface area contributed by atoms with Gasteiger partial charge < -0.3 is 9.64 Å². The number of alkyl halides is 3. The summed E-state index contributed by atoms with van der Waals surface area (Å²) in [6.45, 7) is 3.47. The van der Waals surface area contributed by atoms with Crippen molar-refractivity contribution in [3.63, 3.8) is 0 Å². The average molecular weight is 420 g/mol. The van der Waals surface area contributed by atoms with Crippen LogP contribution in [0.4, 0.5) is 13.2 Å². The molecule has 162 valence electrons. The number of halogens is 3. The topological polar surface area (TPSA) is 32.8 Å². The zero-order valence-corrected chi connectivity index (χ0v) is 17.1.